The fourth-order valence-electron chi connectivity index (χ4n) is 3.08. The summed E-state index contributed by atoms with van der Waals surface area (Å²) in [4.78, 5) is 8.21. The van der Waals surface area contributed by atoms with Crippen LogP contribution >= 0.6 is 0 Å². The van der Waals surface area contributed by atoms with E-state index in [0.29, 0.717) is 5.92 Å². The highest BCUT2D eigenvalue weighted by molar-refractivity contribution is 5.94. The molecule has 0 saturated heterocycles. The van der Waals surface area contributed by atoms with E-state index in [4.69, 9.17) is 0 Å². The van der Waals surface area contributed by atoms with Crippen LogP contribution in [-0.2, 0) is 13.0 Å². The van der Waals surface area contributed by atoms with Gasteiger partial charge < -0.3 is 10.3 Å². The smallest absolute Gasteiger partial charge is 0.150 e. The molecule has 2 aromatic heterocycles. The lowest BCUT2D eigenvalue weighted by Gasteiger charge is -2.11. The first-order chi connectivity index (χ1) is 11.1. The van der Waals surface area contributed by atoms with E-state index in [-0.39, 0.29) is 0 Å². The Morgan fingerprint density at radius 1 is 1.13 bits per heavy atom. The van der Waals surface area contributed by atoms with Gasteiger partial charge >= 0.3 is 0 Å². The highest BCUT2D eigenvalue weighted by Crippen LogP contribution is 2.30. The van der Waals surface area contributed by atoms with E-state index in [9.17, 15) is 0 Å². The summed E-state index contributed by atoms with van der Waals surface area (Å²) in [6.45, 7) is 9.61. The molecule has 0 amide bonds. The highest BCUT2D eigenvalue weighted by atomic mass is 15.0. The number of anilines is 1. The first-order valence-electron chi connectivity index (χ1n) is 8.30. The predicted octanol–water partition coefficient (Wildman–Crippen LogP) is 4.99. The zero-order valence-electron chi connectivity index (χ0n) is 14.4. The number of hydrogen-bond acceptors (Lipinski definition) is 2. The van der Waals surface area contributed by atoms with Gasteiger partial charge in [-0.1, -0.05) is 44.2 Å². The Bertz CT molecular complexity index is 801. The van der Waals surface area contributed by atoms with Gasteiger partial charge in [-0.25, -0.2) is 4.98 Å². The zero-order chi connectivity index (χ0) is 16.4. The molecule has 3 aromatic rings. The molecular formula is C20H25N3. The fraction of sp³-hybridized carbons (Fsp3) is 0.350. The van der Waals surface area contributed by atoms with E-state index < -0.39 is 0 Å². The van der Waals surface area contributed by atoms with Gasteiger partial charge in [0.25, 0.3) is 0 Å². The molecule has 0 saturated carbocycles. The number of aromatic nitrogens is 2. The molecule has 120 valence electrons. The van der Waals surface area contributed by atoms with E-state index >= 15 is 0 Å². The molecule has 0 aliphatic rings. The number of nitrogens with zero attached hydrogens (tertiary/aromatic N) is 1. The third kappa shape index (κ3) is 3.24. The second kappa shape index (κ2) is 6.45. The van der Waals surface area contributed by atoms with Crippen molar-refractivity contribution in [2.75, 3.05) is 5.32 Å². The number of nitrogens with one attached hydrogen (secondary N) is 2. The van der Waals surface area contributed by atoms with E-state index in [2.05, 4.69) is 67.2 Å². The molecule has 3 nitrogen and oxygen atoms in total. The van der Waals surface area contributed by atoms with Gasteiger partial charge in [-0.15, -0.1) is 0 Å². The van der Waals surface area contributed by atoms with Gasteiger partial charge in [-0.2, -0.15) is 0 Å². The van der Waals surface area contributed by atoms with Crippen LogP contribution in [0.5, 0.6) is 0 Å². The normalized spacial score (nSPS) is 11.3. The Balaban J connectivity index is 1.97. The second-order valence-corrected chi connectivity index (χ2v) is 6.69. The van der Waals surface area contributed by atoms with Crippen molar-refractivity contribution in [2.45, 2.75) is 40.7 Å². The Kier molecular flexibility index (Phi) is 4.37. The molecule has 0 aliphatic carbocycles. The molecular weight excluding hydrogens is 282 g/mol. The molecule has 3 heteroatoms. The van der Waals surface area contributed by atoms with Gasteiger partial charge in [0.1, 0.15) is 0 Å². The summed E-state index contributed by atoms with van der Waals surface area (Å²) < 4.78 is 0. The number of fused-ring (bicyclic) bond motifs is 1. The van der Waals surface area contributed by atoms with Crippen molar-refractivity contribution in [3.05, 3.63) is 58.9 Å². The van der Waals surface area contributed by atoms with Crippen LogP contribution in [0, 0.1) is 19.8 Å². The van der Waals surface area contributed by atoms with Crippen molar-refractivity contribution < 1.29 is 0 Å². The van der Waals surface area contributed by atoms with Crippen LogP contribution in [0.2, 0.25) is 0 Å². The summed E-state index contributed by atoms with van der Waals surface area (Å²) in [5.41, 5.74) is 6.28. The molecule has 3 rings (SSSR count). The Morgan fingerprint density at radius 3 is 2.57 bits per heavy atom. The molecule has 0 unspecified atom stereocenters. The Morgan fingerprint density at radius 2 is 1.87 bits per heavy atom. The molecule has 1 aromatic carbocycles. The Hall–Kier alpha value is -2.29. The molecule has 23 heavy (non-hydrogen) atoms. The summed E-state index contributed by atoms with van der Waals surface area (Å²) in [5, 5.41) is 4.82. The van der Waals surface area contributed by atoms with Gasteiger partial charge in [0, 0.05) is 23.8 Å². The van der Waals surface area contributed by atoms with Gasteiger partial charge in [0.05, 0.1) is 5.52 Å². The molecule has 2 N–H and O–H groups in total. The van der Waals surface area contributed by atoms with Crippen LogP contribution in [0.1, 0.15) is 36.2 Å². The summed E-state index contributed by atoms with van der Waals surface area (Å²) >= 11 is 0. The second-order valence-electron chi connectivity index (χ2n) is 6.69. The van der Waals surface area contributed by atoms with Gasteiger partial charge in [0.15, 0.2) is 5.82 Å². The van der Waals surface area contributed by atoms with E-state index in [1.807, 2.05) is 12.3 Å². The highest BCUT2D eigenvalue weighted by Gasteiger charge is 2.14. The number of benzene rings is 1. The van der Waals surface area contributed by atoms with E-state index in [1.165, 1.54) is 27.8 Å². The van der Waals surface area contributed by atoms with Crippen LogP contribution in [0.4, 0.5) is 5.82 Å². The van der Waals surface area contributed by atoms with Crippen LogP contribution in [-0.4, -0.2) is 9.97 Å². The third-order valence-corrected chi connectivity index (χ3v) is 4.34. The molecule has 0 bridgehead atoms. The molecule has 0 radical (unpaired) electrons. The average molecular weight is 307 g/mol. The molecule has 0 fully saturated rings. The first-order valence-corrected chi connectivity index (χ1v) is 8.30. The van der Waals surface area contributed by atoms with Crippen molar-refractivity contribution in [3.63, 3.8) is 0 Å². The number of H-pyrrole nitrogens is 1. The van der Waals surface area contributed by atoms with Crippen molar-refractivity contribution in [3.8, 4) is 0 Å². The SMILES string of the molecule is Cc1[nH]c2c(NCc3ccccc3)ncc(CC(C)C)c2c1C. The van der Waals surface area contributed by atoms with Crippen LogP contribution < -0.4 is 5.32 Å². The van der Waals surface area contributed by atoms with Gasteiger partial charge in [0.2, 0.25) is 0 Å². The number of aryl methyl sites for hydroxylation is 2. The van der Waals surface area contributed by atoms with Crippen LogP contribution in [0.25, 0.3) is 10.9 Å². The summed E-state index contributed by atoms with van der Waals surface area (Å²) in [5.74, 6) is 1.56. The number of rotatable bonds is 5. The van der Waals surface area contributed by atoms with Gasteiger partial charge in [-0.3, -0.25) is 0 Å². The number of aromatic amines is 1. The quantitative estimate of drug-likeness (QED) is 0.697. The maximum absolute atomic E-state index is 4.69. The lowest BCUT2D eigenvalue weighted by molar-refractivity contribution is 0.649. The number of pyridine rings is 1. The lowest BCUT2D eigenvalue weighted by atomic mass is 9.99. The minimum Gasteiger partial charge on any atom is -0.364 e. The van der Waals surface area contributed by atoms with E-state index in [0.717, 1.165) is 24.3 Å². The Labute approximate surface area is 138 Å². The zero-order valence-corrected chi connectivity index (χ0v) is 14.4. The fourth-order valence-corrected chi connectivity index (χ4v) is 3.08. The largest absolute Gasteiger partial charge is 0.364 e. The molecule has 2 heterocycles. The summed E-state index contributed by atoms with van der Waals surface area (Å²) in [6, 6.07) is 10.4. The maximum Gasteiger partial charge on any atom is 0.150 e. The molecule has 0 atom stereocenters. The van der Waals surface area contributed by atoms with Crippen LogP contribution in [0.15, 0.2) is 36.5 Å². The predicted molar refractivity (Wildman–Crippen MR) is 97.9 cm³/mol. The average Bonchev–Trinajstić information content (AvgIpc) is 2.83. The monoisotopic (exact) mass is 307 g/mol. The minimum absolute atomic E-state index is 0.623. The third-order valence-electron chi connectivity index (χ3n) is 4.34. The van der Waals surface area contributed by atoms with Gasteiger partial charge in [-0.05, 0) is 42.9 Å². The maximum atomic E-state index is 4.69. The summed E-state index contributed by atoms with van der Waals surface area (Å²) in [7, 11) is 0. The molecule has 0 aliphatic heterocycles. The topological polar surface area (TPSA) is 40.7 Å². The summed E-state index contributed by atoms with van der Waals surface area (Å²) in [6.07, 6.45) is 3.09. The minimum atomic E-state index is 0.623. The lowest BCUT2D eigenvalue weighted by Crippen LogP contribution is -2.04. The van der Waals surface area contributed by atoms with E-state index in [1.54, 1.807) is 0 Å². The number of hydrogen-bond donors (Lipinski definition) is 2. The first kappa shape index (κ1) is 15.6. The standard InChI is InChI=1S/C20H25N3/c1-13(2)10-17-12-22-20(19-18(17)14(3)15(4)23-19)21-11-16-8-6-5-7-9-16/h5-9,12-13,23H,10-11H2,1-4H3,(H,21,22). The van der Waals surface area contributed by atoms with Crippen molar-refractivity contribution in [1.29, 1.82) is 0 Å². The van der Waals surface area contributed by atoms with Crippen LogP contribution in [0.3, 0.4) is 0 Å². The molecule has 0 spiro atoms. The van der Waals surface area contributed by atoms with Crippen molar-refractivity contribution in [1.82, 2.24) is 9.97 Å². The van der Waals surface area contributed by atoms with Crippen molar-refractivity contribution in [2.24, 2.45) is 5.92 Å². The van der Waals surface area contributed by atoms with Crippen molar-refractivity contribution >= 4 is 16.7 Å².